The molecule has 0 saturated heterocycles. The van der Waals surface area contributed by atoms with Crippen molar-refractivity contribution in [2.24, 2.45) is 0 Å². The summed E-state index contributed by atoms with van der Waals surface area (Å²) in [5.41, 5.74) is 2.76. The molecule has 1 unspecified atom stereocenters. The van der Waals surface area contributed by atoms with Crippen LogP contribution in [0.15, 0.2) is 49.0 Å². The summed E-state index contributed by atoms with van der Waals surface area (Å²) in [4.78, 5) is 38.2. The molecular weight excluding hydrogens is 346 g/mol. The van der Waals surface area contributed by atoms with Gasteiger partial charge in [-0.25, -0.2) is 0 Å². The monoisotopic (exact) mass is 363 g/mol. The second kappa shape index (κ2) is 6.28. The summed E-state index contributed by atoms with van der Waals surface area (Å²) in [5, 5.41) is 5.46. The summed E-state index contributed by atoms with van der Waals surface area (Å²) < 4.78 is 5.30. The van der Waals surface area contributed by atoms with Crippen LogP contribution in [-0.2, 0) is 9.59 Å². The van der Waals surface area contributed by atoms with E-state index in [-0.39, 0.29) is 24.3 Å². The van der Waals surface area contributed by atoms with Crippen molar-refractivity contribution in [1.82, 2.24) is 4.90 Å². The lowest BCUT2D eigenvalue weighted by molar-refractivity contribution is -0.119. The highest BCUT2D eigenvalue weighted by atomic mass is 16.5. The SMILES string of the molecule is C=C1c2ccccc2C(=O)N1C(C)C(=O)Nc1ccc2c(c1)NC(=O)CO2. The molecular formula is C20H17N3O4. The Labute approximate surface area is 155 Å². The Bertz CT molecular complexity index is 963. The lowest BCUT2D eigenvalue weighted by Crippen LogP contribution is -2.41. The average Bonchev–Trinajstić information content (AvgIpc) is 2.92. The van der Waals surface area contributed by atoms with Gasteiger partial charge in [-0.3, -0.25) is 19.3 Å². The molecule has 0 saturated carbocycles. The highest BCUT2D eigenvalue weighted by Crippen LogP contribution is 2.34. The second-order valence-corrected chi connectivity index (χ2v) is 6.38. The molecule has 27 heavy (non-hydrogen) atoms. The van der Waals surface area contributed by atoms with Gasteiger partial charge in [-0.2, -0.15) is 0 Å². The summed E-state index contributed by atoms with van der Waals surface area (Å²) in [6.45, 7) is 5.58. The molecule has 7 nitrogen and oxygen atoms in total. The van der Waals surface area contributed by atoms with Crippen LogP contribution in [0.4, 0.5) is 11.4 Å². The molecule has 3 amide bonds. The zero-order chi connectivity index (χ0) is 19.1. The fourth-order valence-corrected chi connectivity index (χ4v) is 3.24. The van der Waals surface area contributed by atoms with E-state index >= 15 is 0 Å². The van der Waals surface area contributed by atoms with E-state index in [1.165, 1.54) is 4.90 Å². The van der Waals surface area contributed by atoms with Crippen molar-refractivity contribution in [3.63, 3.8) is 0 Å². The minimum atomic E-state index is -0.751. The largest absolute Gasteiger partial charge is 0.482 e. The fourth-order valence-electron chi connectivity index (χ4n) is 3.24. The number of nitrogens with one attached hydrogen (secondary N) is 2. The third kappa shape index (κ3) is 2.83. The number of hydrogen-bond donors (Lipinski definition) is 2. The average molecular weight is 363 g/mol. The third-order valence-electron chi connectivity index (χ3n) is 4.62. The maximum Gasteiger partial charge on any atom is 0.262 e. The maximum absolute atomic E-state index is 12.7. The summed E-state index contributed by atoms with van der Waals surface area (Å²) >= 11 is 0. The van der Waals surface area contributed by atoms with Gasteiger partial charge in [-0.1, -0.05) is 24.8 Å². The van der Waals surface area contributed by atoms with Gasteiger partial charge >= 0.3 is 0 Å². The van der Waals surface area contributed by atoms with E-state index in [2.05, 4.69) is 17.2 Å². The standard InChI is InChI=1S/C20H17N3O4/c1-11-14-5-3-4-6-15(14)20(26)23(11)12(2)19(25)21-13-7-8-17-16(9-13)22-18(24)10-27-17/h3-9,12H,1,10H2,2H3,(H,21,25)(H,22,24). The number of nitrogens with zero attached hydrogens (tertiary/aromatic N) is 1. The predicted octanol–water partition coefficient (Wildman–Crippen LogP) is 2.47. The van der Waals surface area contributed by atoms with Crippen LogP contribution in [0.3, 0.4) is 0 Å². The lowest BCUT2D eigenvalue weighted by Gasteiger charge is -2.25. The van der Waals surface area contributed by atoms with E-state index in [0.29, 0.717) is 28.4 Å². The molecule has 2 aromatic carbocycles. The Morgan fingerprint density at radius 2 is 1.96 bits per heavy atom. The molecule has 136 valence electrons. The Hall–Kier alpha value is -3.61. The van der Waals surface area contributed by atoms with Crippen LogP contribution in [0.1, 0.15) is 22.8 Å². The number of fused-ring (bicyclic) bond motifs is 2. The van der Waals surface area contributed by atoms with Crippen LogP contribution < -0.4 is 15.4 Å². The van der Waals surface area contributed by atoms with E-state index in [9.17, 15) is 14.4 Å². The first-order valence-electron chi connectivity index (χ1n) is 8.45. The first-order valence-corrected chi connectivity index (χ1v) is 8.45. The maximum atomic E-state index is 12.7. The molecule has 2 N–H and O–H groups in total. The molecule has 2 aliphatic heterocycles. The fraction of sp³-hybridized carbons (Fsp3) is 0.150. The van der Waals surface area contributed by atoms with Crippen LogP contribution in [0.2, 0.25) is 0 Å². The van der Waals surface area contributed by atoms with E-state index in [4.69, 9.17) is 4.74 Å². The van der Waals surface area contributed by atoms with Gasteiger partial charge in [0.1, 0.15) is 11.8 Å². The Balaban J connectivity index is 1.52. The van der Waals surface area contributed by atoms with Crippen molar-refractivity contribution in [3.05, 3.63) is 60.2 Å². The molecule has 2 aliphatic rings. The van der Waals surface area contributed by atoms with Crippen molar-refractivity contribution in [2.45, 2.75) is 13.0 Å². The van der Waals surface area contributed by atoms with Crippen LogP contribution in [-0.4, -0.2) is 35.3 Å². The molecule has 0 spiro atoms. The molecule has 1 atom stereocenters. The predicted molar refractivity (Wildman–Crippen MR) is 100 cm³/mol. The zero-order valence-electron chi connectivity index (χ0n) is 14.6. The second-order valence-electron chi connectivity index (χ2n) is 6.38. The number of ether oxygens (including phenoxy) is 1. The number of amides is 3. The summed E-state index contributed by atoms with van der Waals surface area (Å²) in [6, 6.07) is 11.4. The molecule has 0 bridgehead atoms. The van der Waals surface area contributed by atoms with Crippen molar-refractivity contribution >= 4 is 34.8 Å². The first-order chi connectivity index (χ1) is 13.0. The molecule has 2 heterocycles. The third-order valence-corrected chi connectivity index (χ3v) is 4.62. The van der Waals surface area contributed by atoms with Crippen molar-refractivity contribution < 1.29 is 19.1 Å². The molecule has 0 aliphatic carbocycles. The zero-order valence-corrected chi connectivity index (χ0v) is 14.6. The van der Waals surface area contributed by atoms with Crippen molar-refractivity contribution in [2.75, 3.05) is 17.2 Å². The van der Waals surface area contributed by atoms with Crippen LogP contribution in [0, 0.1) is 0 Å². The summed E-state index contributed by atoms with van der Waals surface area (Å²) in [5.74, 6) is -0.320. The minimum Gasteiger partial charge on any atom is -0.482 e. The minimum absolute atomic E-state index is 0.0323. The van der Waals surface area contributed by atoms with E-state index in [1.54, 1.807) is 37.3 Å². The summed E-state index contributed by atoms with van der Waals surface area (Å²) in [7, 11) is 0. The van der Waals surface area contributed by atoms with Crippen LogP contribution >= 0.6 is 0 Å². The Morgan fingerprint density at radius 1 is 1.22 bits per heavy atom. The van der Waals surface area contributed by atoms with Gasteiger partial charge in [-0.15, -0.1) is 0 Å². The van der Waals surface area contributed by atoms with E-state index < -0.39 is 6.04 Å². The van der Waals surface area contributed by atoms with Gasteiger partial charge in [0, 0.05) is 22.5 Å². The smallest absolute Gasteiger partial charge is 0.262 e. The van der Waals surface area contributed by atoms with Gasteiger partial charge in [0.2, 0.25) is 5.91 Å². The van der Waals surface area contributed by atoms with Gasteiger partial charge in [0.05, 0.1) is 5.69 Å². The van der Waals surface area contributed by atoms with E-state index in [1.807, 2.05) is 12.1 Å². The molecule has 0 radical (unpaired) electrons. The van der Waals surface area contributed by atoms with Crippen molar-refractivity contribution in [1.29, 1.82) is 0 Å². The topological polar surface area (TPSA) is 87.7 Å². The highest BCUT2D eigenvalue weighted by Gasteiger charge is 2.36. The van der Waals surface area contributed by atoms with Gasteiger partial charge < -0.3 is 15.4 Å². The number of carbonyl (C=O) groups excluding carboxylic acids is 3. The van der Waals surface area contributed by atoms with Gasteiger partial charge in [-0.05, 0) is 31.2 Å². The molecule has 2 aromatic rings. The molecule has 0 fully saturated rings. The quantitative estimate of drug-likeness (QED) is 0.877. The van der Waals surface area contributed by atoms with Crippen LogP contribution in [0.5, 0.6) is 5.75 Å². The Kier molecular flexibility index (Phi) is 3.92. The van der Waals surface area contributed by atoms with Gasteiger partial charge in [0.25, 0.3) is 11.8 Å². The molecule has 7 heteroatoms. The first kappa shape index (κ1) is 16.8. The number of anilines is 2. The van der Waals surface area contributed by atoms with E-state index in [0.717, 1.165) is 5.56 Å². The highest BCUT2D eigenvalue weighted by molar-refractivity contribution is 6.12. The van der Waals surface area contributed by atoms with Crippen molar-refractivity contribution in [3.8, 4) is 5.75 Å². The number of rotatable bonds is 3. The normalized spacial score (nSPS) is 16.2. The molecule has 0 aromatic heterocycles. The summed E-state index contributed by atoms with van der Waals surface area (Å²) in [6.07, 6.45) is 0. The number of hydrogen-bond acceptors (Lipinski definition) is 4. The Morgan fingerprint density at radius 3 is 2.70 bits per heavy atom. The number of carbonyl (C=O) groups is 3. The lowest BCUT2D eigenvalue weighted by atomic mass is 10.1. The van der Waals surface area contributed by atoms with Gasteiger partial charge in [0.15, 0.2) is 6.61 Å². The number of benzene rings is 2. The molecule has 4 rings (SSSR count). The van der Waals surface area contributed by atoms with Crippen LogP contribution in [0.25, 0.3) is 5.70 Å².